The molecule has 1 fully saturated rings. The first-order chi connectivity index (χ1) is 8.90. The van der Waals surface area contributed by atoms with E-state index < -0.39 is 0 Å². The van der Waals surface area contributed by atoms with Crippen molar-refractivity contribution in [1.82, 2.24) is 5.32 Å². The third-order valence-electron chi connectivity index (χ3n) is 3.42. The first-order valence-corrected chi connectivity index (χ1v) is 7.25. The second-order valence-electron chi connectivity index (χ2n) is 5.23. The SMILES string of the molecule is CCCNCCc1ccccc1COCC1CC1. The van der Waals surface area contributed by atoms with Gasteiger partial charge in [-0.3, -0.25) is 0 Å². The Kier molecular flexibility index (Phi) is 5.69. The van der Waals surface area contributed by atoms with E-state index in [4.69, 9.17) is 4.74 Å². The summed E-state index contributed by atoms with van der Waals surface area (Å²) < 4.78 is 5.79. The molecule has 1 N–H and O–H groups in total. The molecule has 0 aromatic heterocycles. The highest BCUT2D eigenvalue weighted by molar-refractivity contribution is 5.26. The Labute approximate surface area is 111 Å². The lowest BCUT2D eigenvalue weighted by Crippen LogP contribution is -2.18. The monoisotopic (exact) mass is 247 g/mol. The molecule has 0 heterocycles. The molecule has 0 unspecified atom stereocenters. The lowest BCUT2D eigenvalue weighted by Gasteiger charge is -2.10. The van der Waals surface area contributed by atoms with Gasteiger partial charge >= 0.3 is 0 Å². The van der Waals surface area contributed by atoms with Gasteiger partial charge in [-0.1, -0.05) is 31.2 Å². The average Bonchev–Trinajstić information content (AvgIpc) is 3.20. The zero-order valence-electron chi connectivity index (χ0n) is 11.5. The van der Waals surface area contributed by atoms with E-state index in [1.54, 1.807) is 0 Å². The van der Waals surface area contributed by atoms with Crippen LogP contribution in [0.3, 0.4) is 0 Å². The van der Waals surface area contributed by atoms with Crippen LogP contribution in [0.5, 0.6) is 0 Å². The molecule has 1 aromatic rings. The summed E-state index contributed by atoms with van der Waals surface area (Å²) in [7, 11) is 0. The Bertz CT molecular complexity index is 347. The molecule has 0 saturated heterocycles. The van der Waals surface area contributed by atoms with E-state index in [2.05, 4.69) is 36.5 Å². The summed E-state index contributed by atoms with van der Waals surface area (Å²) in [6, 6.07) is 8.66. The zero-order chi connectivity index (χ0) is 12.6. The maximum absolute atomic E-state index is 5.79. The zero-order valence-corrected chi connectivity index (χ0v) is 11.5. The summed E-state index contributed by atoms with van der Waals surface area (Å²) in [4.78, 5) is 0. The van der Waals surface area contributed by atoms with Gasteiger partial charge in [0.05, 0.1) is 6.61 Å². The highest BCUT2D eigenvalue weighted by Gasteiger charge is 2.21. The Hall–Kier alpha value is -0.860. The lowest BCUT2D eigenvalue weighted by molar-refractivity contribution is 0.111. The normalized spacial score (nSPS) is 14.9. The van der Waals surface area contributed by atoms with Crippen LogP contribution in [-0.4, -0.2) is 19.7 Å². The third kappa shape index (κ3) is 4.79. The minimum Gasteiger partial charge on any atom is -0.376 e. The molecule has 0 amide bonds. The number of hydrogen-bond donors (Lipinski definition) is 1. The van der Waals surface area contributed by atoms with Gasteiger partial charge in [0, 0.05) is 6.61 Å². The highest BCUT2D eigenvalue weighted by atomic mass is 16.5. The minimum absolute atomic E-state index is 0.778. The van der Waals surface area contributed by atoms with E-state index >= 15 is 0 Å². The first kappa shape index (κ1) is 13.6. The number of nitrogens with one attached hydrogen (secondary N) is 1. The van der Waals surface area contributed by atoms with Crippen molar-refractivity contribution in [3.8, 4) is 0 Å². The summed E-state index contributed by atoms with van der Waals surface area (Å²) in [6.45, 7) is 6.10. The quantitative estimate of drug-likeness (QED) is 0.677. The molecule has 0 spiro atoms. The molecule has 1 aliphatic rings. The highest BCUT2D eigenvalue weighted by Crippen LogP contribution is 2.29. The van der Waals surface area contributed by atoms with Crippen LogP contribution in [-0.2, 0) is 17.8 Å². The number of benzene rings is 1. The van der Waals surface area contributed by atoms with Crippen LogP contribution in [0.4, 0.5) is 0 Å². The molecule has 0 aliphatic heterocycles. The predicted molar refractivity (Wildman–Crippen MR) is 75.7 cm³/mol. The second-order valence-corrected chi connectivity index (χ2v) is 5.23. The van der Waals surface area contributed by atoms with Crippen molar-refractivity contribution in [1.29, 1.82) is 0 Å². The maximum Gasteiger partial charge on any atom is 0.0719 e. The fourth-order valence-corrected chi connectivity index (χ4v) is 2.09. The van der Waals surface area contributed by atoms with Crippen LogP contribution in [0.15, 0.2) is 24.3 Å². The fraction of sp³-hybridized carbons (Fsp3) is 0.625. The molecule has 18 heavy (non-hydrogen) atoms. The molecule has 0 radical (unpaired) electrons. The van der Waals surface area contributed by atoms with Crippen molar-refractivity contribution in [3.63, 3.8) is 0 Å². The smallest absolute Gasteiger partial charge is 0.0719 e. The summed E-state index contributed by atoms with van der Waals surface area (Å²) in [6.07, 6.45) is 5.03. The Morgan fingerprint density at radius 1 is 1.17 bits per heavy atom. The average molecular weight is 247 g/mol. The van der Waals surface area contributed by atoms with Gasteiger partial charge in [0.15, 0.2) is 0 Å². The summed E-state index contributed by atoms with van der Waals surface area (Å²) >= 11 is 0. The van der Waals surface area contributed by atoms with Crippen molar-refractivity contribution >= 4 is 0 Å². The summed E-state index contributed by atoms with van der Waals surface area (Å²) in [5.41, 5.74) is 2.79. The van der Waals surface area contributed by atoms with Gasteiger partial charge in [0.2, 0.25) is 0 Å². The topological polar surface area (TPSA) is 21.3 Å². The third-order valence-corrected chi connectivity index (χ3v) is 3.42. The second kappa shape index (κ2) is 7.55. The van der Waals surface area contributed by atoms with Gasteiger partial charge in [-0.05, 0) is 55.8 Å². The number of ether oxygens (including phenoxy) is 1. The van der Waals surface area contributed by atoms with Crippen LogP contribution in [0.1, 0.15) is 37.3 Å². The van der Waals surface area contributed by atoms with Gasteiger partial charge in [-0.2, -0.15) is 0 Å². The van der Waals surface area contributed by atoms with Gasteiger partial charge in [0.25, 0.3) is 0 Å². The molecular weight excluding hydrogens is 222 g/mol. The summed E-state index contributed by atoms with van der Waals surface area (Å²) in [5.74, 6) is 0.850. The van der Waals surface area contributed by atoms with Crippen molar-refractivity contribution < 1.29 is 4.74 Å². The number of rotatable bonds is 9. The molecule has 1 aromatic carbocycles. The van der Waals surface area contributed by atoms with Crippen LogP contribution >= 0.6 is 0 Å². The van der Waals surface area contributed by atoms with E-state index in [1.807, 2.05) is 0 Å². The minimum atomic E-state index is 0.778. The van der Waals surface area contributed by atoms with E-state index in [9.17, 15) is 0 Å². The Morgan fingerprint density at radius 2 is 1.94 bits per heavy atom. The number of hydrogen-bond acceptors (Lipinski definition) is 2. The Morgan fingerprint density at radius 3 is 2.67 bits per heavy atom. The fourth-order valence-electron chi connectivity index (χ4n) is 2.09. The molecule has 2 heteroatoms. The first-order valence-electron chi connectivity index (χ1n) is 7.25. The van der Waals surface area contributed by atoms with Crippen molar-refractivity contribution in [2.24, 2.45) is 5.92 Å². The van der Waals surface area contributed by atoms with Crippen LogP contribution < -0.4 is 5.32 Å². The van der Waals surface area contributed by atoms with Crippen molar-refractivity contribution in [3.05, 3.63) is 35.4 Å². The van der Waals surface area contributed by atoms with Gasteiger partial charge < -0.3 is 10.1 Å². The molecule has 0 bridgehead atoms. The van der Waals surface area contributed by atoms with E-state index in [0.29, 0.717) is 0 Å². The standard InChI is InChI=1S/C16H25NO/c1-2-10-17-11-9-15-5-3-4-6-16(15)13-18-12-14-7-8-14/h3-6,14,17H,2,7-13H2,1H3. The molecule has 100 valence electrons. The predicted octanol–water partition coefficient (Wildman–Crippen LogP) is 3.16. The largest absolute Gasteiger partial charge is 0.376 e. The Balaban J connectivity index is 1.75. The van der Waals surface area contributed by atoms with Gasteiger partial charge in [-0.25, -0.2) is 0 Å². The lowest BCUT2D eigenvalue weighted by atomic mass is 10.1. The van der Waals surface area contributed by atoms with Gasteiger partial charge in [-0.15, -0.1) is 0 Å². The summed E-state index contributed by atoms with van der Waals surface area (Å²) in [5, 5.41) is 3.45. The molecule has 2 nitrogen and oxygen atoms in total. The molecule has 1 aliphatic carbocycles. The molecule has 0 atom stereocenters. The maximum atomic E-state index is 5.79. The van der Waals surface area contributed by atoms with E-state index in [1.165, 1.54) is 30.4 Å². The van der Waals surface area contributed by atoms with Crippen LogP contribution in [0, 0.1) is 5.92 Å². The molecular formula is C16H25NO. The molecule has 1 saturated carbocycles. The van der Waals surface area contributed by atoms with Gasteiger partial charge in [0.1, 0.15) is 0 Å². The van der Waals surface area contributed by atoms with Crippen LogP contribution in [0.25, 0.3) is 0 Å². The van der Waals surface area contributed by atoms with E-state index in [-0.39, 0.29) is 0 Å². The van der Waals surface area contributed by atoms with Crippen LogP contribution in [0.2, 0.25) is 0 Å². The molecule has 2 rings (SSSR count). The van der Waals surface area contributed by atoms with Crippen molar-refractivity contribution in [2.45, 2.75) is 39.2 Å². The van der Waals surface area contributed by atoms with Crippen molar-refractivity contribution in [2.75, 3.05) is 19.7 Å². The van der Waals surface area contributed by atoms with E-state index in [0.717, 1.165) is 38.6 Å².